The van der Waals surface area contributed by atoms with E-state index in [1.54, 1.807) is 4.31 Å². The topological polar surface area (TPSA) is 57.7 Å². The van der Waals surface area contributed by atoms with Gasteiger partial charge in [0, 0.05) is 32.1 Å². The van der Waals surface area contributed by atoms with E-state index in [1.165, 1.54) is 0 Å². The highest BCUT2D eigenvalue weighted by molar-refractivity contribution is 7.90. The second kappa shape index (κ2) is 6.24. The van der Waals surface area contributed by atoms with Crippen molar-refractivity contribution in [2.45, 2.75) is 45.8 Å². The molecule has 2 fully saturated rings. The van der Waals surface area contributed by atoms with Crippen molar-refractivity contribution in [2.75, 3.05) is 26.2 Å². The van der Waals surface area contributed by atoms with Crippen LogP contribution in [-0.4, -0.2) is 55.0 Å². The molecule has 21 heavy (non-hydrogen) atoms. The van der Waals surface area contributed by atoms with E-state index < -0.39 is 10.0 Å². The summed E-state index contributed by atoms with van der Waals surface area (Å²) in [5, 5.41) is -0.291. The molecule has 6 heteroatoms. The normalized spacial score (nSPS) is 29.7. The number of hydrogen-bond donors (Lipinski definition) is 0. The van der Waals surface area contributed by atoms with E-state index in [9.17, 15) is 13.2 Å². The molecular weight excluding hydrogens is 288 g/mol. The maximum absolute atomic E-state index is 12.6. The average molecular weight is 316 g/mol. The number of fused-ring (bicyclic) bond motifs is 1. The summed E-state index contributed by atoms with van der Waals surface area (Å²) in [6, 6.07) is 0. The highest BCUT2D eigenvalue weighted by Gasteiger charge is 2.47. The van der Waals surface area contributed by atoms with Crippen LogP contribution in [0.15, 0.2) is 0 Å². The van der Waals surface area contributed by atoms with Crippen LogP contribution in [0, 0.1) is 17.8 Å². The van der Waals surface area contributed by atoms with Gasteiger partial charge in [-0.05, 0) is 24.7 Å². The van der Waals surface area contributed by atoms with Gasteiger partial charge in [0.1, 0.15) is 0 Å². The molecule has 0 aromatic carbocycles. The number of carbonyl (C=O) groups is 1. The summed E-state index contributed by atoms with van der Waals surface area (Å²) in [5.74, 6) is 0.656. The Labute approximate surface area is 128 Å². The Morgan fingerprint density at radius 3 is 2.33 bits per heavy atom. The summed E-state index contributed by atoms with van der Waals surface area (Å²) < 4.78 is 27.0. The molecule has 2 saturated heterocycles. The summed E-state index contributed by atoms with van der Waals surface area (Å²) in [5.41, 5.74) is 0. The van der Waals surface area contributed by atoms with Gasteiger partial charge in [-0.3, -0.25) is 4.79 Å². The van der Waals surface area contributed by atoms with Gasteiger partial charge in [-0.2, -0.15) is 0 Å². The SMILES string of the molecule is CC(C)CN1C[C@@H]2CCN(C(=O)C(C)C)CC[C@@H]2S1(=O)=O. The van der Waals surface area contributed by atoms with Gasteiger partial charge in [-0.25, -0.2) is 12.7 Å². The number of sulfonamides is 1. The van der Waals surface area contributed by atoms with Crippen LogP contribution in [0.5, 0.6) is 0 Å². The van der Waals surface area contributed by atoms with Crippen LogP contribution in [0.4, 0.5) is 0 Å². The Kier molecular flexibility index (Phi) is 4.98. The molecule has 2 heterocycles. The van der Waals surface area contributed by atoms with E-state index in [2.05, 4.69) is 0 Å². The lowest BCUT2D eigenvalue weighted by atomic mass is 10.00. The third-order valence-corrected chi connectivity index (χ3v) is 6.94. The van der Waals surface area contributed by atoms with E-state index in [-0.39, 0.29) is 23.0 Å². The lowest BCUT2D eigenvalue weighted by molar-refractivity contribution is -0.134. The maximum atomic E-state index is 12.6. The van der Waals surface area contributed by atoms with Crippen molar-refractivity contribution in [3.05, 3.63) is 0 Å². The van der Waals surface area contributed by atoms with Crippen LogP contribution < -0.4 is 0 Å². The van der Waals surface area contributed by atoms with Crippen LogP contribution >= 0.6 is 0 Å². The average Bonchev–Trinajstić information content (AvgIpc) is 2.55. The van der Waals surface area contributed by atoms with Gasteiger partial charge in [-0.15, -0.1) is 0 Å². The Bertz CT molecular complexity index is 487. The summed E-state index contributed by atoms with van der Waals surface area (Å²) in [6.07, 6.45) is 1.39. The van der Waals surface area contributed by atoms with Crippen LogP contribution in [0.2, 0.25) is 0 Å². The summed E-state index contributed by atoms with van der Waals surface area (Å²) >= 11 is 0. The molecule has 5 nitrogen and oxygen atoms in total. The van der Waals surface area contributed by atoms with E-state index >= 15 is 0 Å². The highest BCUT2D eigenvalue weighted by Crippen LogP contribution is 2.34. The molecule has 0 aromatic rings. The zero-order chi connectivity index (χ0) is 15.8. The Morgan fingerprint density at radius 2 is 1.76 bits per heavy atom. The van der Waals surface area contributed by atoms with Gasteiger partial charge >= 0.3 is 0 Å². The van der Waals surface area contributed by atoms with Crippen LogP contribution in [0.1, 0.15) is 40.5 Å². The molecule has 0 saturated carbocycles. The first kappa shape index (κ1) is 16.7. The second-order valence-electron chi connectivity index (χ2n) is 7.11. The first-order valence-electron chi connectivity index (χ1n) is 8.01. The third-order valence-electron chi connectivity index (χ3n) is 4.53. The molecule has 0 N–H and O–H groups in total. The molecule has 0 bridgehead atoms. The molecule has 2 rings (SSSR count). The largest absolute Gasteiger partial charge is 0.342 e. The van der Waals surface area contributed by atoms with Gasteiger partial charge in [0.05, 0.1) is 5.25 Å². The van der Waals surface area contributed by atoms with Crippen LogP contribution in [-0.2, 0) is 14.8 Å². The fourth-order valence-corrected chi connectivity index (χ4v) is 5.87. The minimum Gasteiger partial charge on any atom is -0.342 e. The van der Waals surface area contributed by atoms with Crippen molar-refractivity contribution in [1.29, 1.82) is 0 Å². The highest BCUT2D eigenvalue weighted by atomic mass is 32.2. The molecule has 122 valence electrons. The number of amides is 1. The molecule has 0 aromatic heterocycles. The number of likely N-dealkylation sites (tertiary alicyclic amines) is 1. The van der Waals surface area contributed by atoms with Crippen molar-refractivity contribution in [2.24, 2.45) is 17.8 Å². The molecule has 2 aliphatic rings. The van der Waals surface area contributed by atoms with E-state index in [0.29, 0.717) is 38.5 Å². The van der Waals surface area contributed by atoms with Crippen molar-refractivity contribution < 1.29 is 13.2 Å². The lowest BCUT2D eigenvalue weighted by Crippen LogP contribution is -2.37. The zero-order valence-electron chi connectivity index (χ0n) is 13.6. The monoisotopic (exact) mass is 316 g/mol. The minimum absolute atomic E-state index is 0.0167. The minimum atomic E-state index is -3.18. The fraction of sp³-hybridized carbons (Fsp3) is 0.933. The van der Waals surface area contributed by atoms with Crippen LogP contribution in [0.3, 0.4) is 0 Å². The second-order valence-corrected chi connectivity index (χ2v) is 9.26. The van der Waals surface area contributed by atoms with Gasteiger partial charge in [0.25, 0.3) is 0 Å². The van der Waals surface area contributed by atoms with E-state index in [0.717, 1.165) is 6.42 Å². The standard InChI is InChI=1S/C15H28N2O3S/c1-11(2)9-17-10-13-5-7-16(15(18)12(3)4)8-6-14(13)21(17,19)20/h11-14H,5-10H2,1-4H3/t13-,14-/m0/s1. The Balaban J connectivity index is 2.09. The molecule has 2 atom stereocenters. The van der Waals surface area contributed by atoms with Crippen molar-refractivity contribution in [3.8, 4) is 0 Å². The van der Waals surface area contributed by atoms with Gasteiger partial charge < -0.3 is 4.90 Å². The Hall–Kier alpha value is -0.620. The van der Waals surface area contributed by atoms with Gasteiger partial charge in [-0.1, -0.05) is 27.7 Å². The lowest BCUT2D eigenvalue weighted by Gasteiger charge is -2.24. The first-order valence-corrected chi connectivity index (χ1v) is 9.51. The predicted octanol–water partition coefficient (Wildman–Crippen LogP) is 1.55. The van der Waals surface area contributed by atoms with Crippen LogP contribution in [0.25, 0.3) is 0 Å². The first-order chi connectivity index (χ1) is 9.73. The zero-order valence-corrected chi connectivity index (χ0v) is 14.4. The van der Waals surface area contributed by atoms with Gasteiger partial charge in [0.2, 0.25) is 15.9 Å². The summed E-state index contributed by atoms with van der Waals surface area (Å²) in [6.45, 7) is 10.4. The number of carbonyl (C=O) groups excluding carboxylic acids is 1. The molecule has 0 spiro atoms. The van der Waals surface area contributed by atoms with Crippen molar-refractivity contribution in [3.63, 3.8) is 0 Å². The smallest absolute Gasteiger partial charge is 0.225 e. The van der Waals surface area contributed by atoms with Crippen molar-refractivity contribution >= 4 is 15.9 Å². The van der Waals surface area contributed by atoms with Gasteiger partial charge in [0.15, 0.2) is 0 Å². The summed E-state index contributed by atoms with van der Waals surface area (Å²) in [7, 11) is -3.18. The fourth-order valence-electron chi connectivity index (χ4n) is 3.47. The number of hydrogen-bond acceptors (Lipinski definition) is 3. The van der Waals surface area contributed by atoms with Crippen molar-refractivity contribution in [1.82, 2.24) is 9.21 Å². The maximum Gasteiger partial charge on any atom is 0.225 e. The molecule has 1 amide bonds. The molecular formula is C15H28N2O3S. The number of nitrogens with zero attached hydrogens (tertiary/aromatic N) is 2. The number of rotatable bonds is 3. The molecule has 2 aliphatic heterocycles. The molecule has 0 radical (unpaired) electrons. The predicted molar refractivity (Wildman–Crippen MR) is 83.3 cm³/mol. The third kappa shape index (κ3) is 3.42. The quantitative estimate of drug-likeness (QED) is 0.794. The molecule has 0 unspecified atom stereocenters. The van der Waals surface area contributed by atoms with E-state index in [1.807, 2.05) is 32.6 Å². The molecule has 0 aliphatic carbocycles. The van der Waals surface area contributed by atoms with E-state index in [4.69, 9.17) is 0 Å². The Morgan fingerprint density at radius 1 is 1.14 bits per heavy atom. The summed E-state index contributed by atoms with van der Waals surface area (Å²) in [4.78, 5) is 14.0.